The van der Waals surface area contributed by atoms with Crippen LogP contribution in [-0.4, -0.2) is 17.2 Å². The van der Waals surface area contributed by atoms with Crippen molar-refractivity contribution in [3.8, 4) is 0 Å². The van der Waals surface area contributed by atoms with Crippen LogP contribution in [0.25, 0.3) is 0 Å². The summed E-state index contributed by atoms with van der Waals surface area (Å²) in [5.74, 6) is -0.592. The van der Waals surface area contributed by atoms with E-state index in [1.54, 1.807) is 0 Å². The zero-order valence-electron chi connectivity index (χ0n) is 11.5. The molecule has 20 heavy (non-hydrogen) atoms. The van der Waals surface area contributed by atoms with Crippen LogP contribution in [0.3, 0.4) is 0 Å². The molecule has 4 N–H and O–H groups in total. The number of rotatable bonds is 4. The second kappa shape index (κ2) is 5.79. The van der Waals surface area contributed by atoms with Gasteiger partial charge in [-0.3, -0.25) is 0 Å². The van der Waals surface area contributed by atoms with Gasteiger partial charge in [-0.2, -0.15) is 0 Å². The van der Waals surface area contributed by atoms with E-state index in [-0.39, 0.29) is 5.57 Å². The molecule has 1 aliphatic rings. The van der Waals surface area contributed by atoms with Gasteiger partial charge in [-0.15, -0.1) is 0 Å². The van der Waals surface area contributed by atoms with Gasteiger partial charge in [0.25, 0.3) is 0 Å². The van der Waals surface area contributed by atoms with Crippen LogP contribution in [0.15, 0.2) is 41.8 Å². The fourth-order valence-electron chi connectivity index (χ4n) is 2.03. The van der Waals surface area contributed by atoms with Gasteiger partial charge in [-0.1, -0.05) is 18.2 Å². The summed E-state index contributed by atoms with van der Waals surface area (Å²) in [6, 6.07) is 6.02. The summed E-state index contributed by atoms with van der Waals surface area (Å²) in [6.45, 7) is 4.40. The standard InChI is InChI=1S/C15H18N2O3/c1-9-4-3-5-10(2)12(9)8-20-13-6-11(15(18)19)7-17-14(13)16/h3-7,14,17H,8,16H2,1-2H3,(H,18,19). The van der Waals surface area contributed by atoms with Gasteiger partial charge in [0.1, 0.15) is 18.5 Å². The third-order valence-corrected chi connectivity index (χ3v) is 3.30. The molecule has 0 fully saturated rings. The zero-order chi connectivity index (χ0) is 14.7. The number of hydrogen-bond donors (Lipinski definition) is 3. The average Bonchev–Trinajstić information content (AvgIpc) is 2.39. The third kappa shape index (κ3) is 3.00. The Kier molecular flexibility index (Phi) is 4.10. The third-order valence-electron chi connectivity index (χ3n) is 3.30. The van der Waals surface area contributed by atoms with Crippen molar-refractivity contribution in [1.29, 1.82) is 0 Å². The minimum atomic E-state index is -1.02. The number of carboxylic acid groups (broad SMARTS) is 1. The molecule has 5 nitrogen and oxygen atoms in total. The van der Waals surface area contributed by atoms with E-state index in [0.29, 0.717) is 12.4 Å². The second-order valence-electron chi connectivity index (χ2n) is 4.75. The van der Waals surface area contributed by atoms with Gasteiger partial charge in [0.15, 0.2) is 0 Å². The highest BCUT2D eigenvalue weighted by Crippen LogP contribution is 2.18. The lowest BCUT2D eigenvalue weighted by atomic mass is 10.0. The van der Waals surface area contributed by atoms with Crippen LogP contribution < -0.4 is 11.1 Å². The SMILES string of the molecule is Cc1cccc(C)c1COC1=CC(C(=O)O)=CNC1N. The summed E-state index contributed by atoms with van der Waals surface area (Å²) in [5.41, 5.74) is 9.33. The molecule has 0 saturated carbocycles. The number of carbonyl (C=O) groups is 1. The van der Waals surface area contributed by atoms with Crippen LogP contribution in [0.2, 0.25) is 0 Å². The first-order valence-electron chi connectivity index (χ1n) is 6.33. The van der Waals surface area contributed by atoms with E-state index >= 15 is 0 Å². The summed E-state index contributed by atoms with van der Waals surface area (Å²) in [5, 5.41) is 11.7. The highest BCUT2D eigenvalue weighted by molar-refractivity contribution is 5.90. The number of carboxylic acids is 1. The first-order valence-corrected chi connectivity index (χ1v) is 6.33. The van der Waals surface area contributed by atoms with E-state index in [2.05, 4.69) is 5.32 Å². The van der Waals surface area contributed by atoms with Crippen LogP contribution in [0.5, 0.6) is 0 Å². The molecule has 0 saturated heterocycles. The van der Waals surface area contributed by atoms with Gasteiger partial charge in [-0.05, 0) is 36.6 Å². The van der Waals surface area contributed by atoms with E-state index in [1.807, 2.05) is 32.0 Å². The number of dihydropyridines is 1. The molecule has 0 radical (unpaired) electrons. The number of hydrogen-bond acceptors (Lipinski definition) is 4. The zero-order valence-corrected chi connectivity index (χ0v) is 11.5. The highest BCUT2D eigenvalue weighted by Gasteiger charge is 2.18. The van der Waals surface area contributed by atoms with Crippen LogP contribution in [-0.2, 0) is 16.1 Å². The van der Waals surface area contributed by atoms with Crippen LogP contribution in [0.1, 0.15) is 16.7 Å². The normalized spacial score (nSPS) is 17.9. The smallest absolute Gasteiger partial charge is 0.337 e. The first kappa shape index (κ1) is 14.1. The molecule has 5 heteroatoms. The Hall–Kier alpha value is -2.27. The lowest BCUT2D eigenvalue weighted by Crippen LogP contribution is -2.39. The van der Waals surface area contributed by atoms with Gasteiger partial charge in [0, 0.05) is 6.20 Å². The minimum Gasteiger partial charge on any atom is -0.490 e. The maximum atomic E-state index is 10.9. The Labute approximate surface area is 117 Å². The van der Waals surface area contributed by atoms with Crippen LogP contribution in [0.4, 0.5) is 0 Å². The largest absolute Gasteiger partial charge is 0.490 e. The van der Waals surface area contributed by atoms with Crippen molar-refractivity contribution >= 4 is 5.97 Å². The van der Waals surface area contributed by atoms with E-state index in [1.165, 1.54) is 12.3 Å². The van der Waals surface area contributed by atoms with E-state index in [9.17, 15) is 4.79 Å². The van der Waals surface area contributed by atoms with Crippen molar-refractivity contribution in [2.45, 2.75) is 26.6 Å². The predicted octanol–water partition coefficient (Wildman–Crippen LogP) is 1.56. The quantitative estimate of drug-likeness (QED) is 0.776. The van der Waals surface area contributed by atoms with E-state index in [4.69, 9.17) is 15.6 Å². The monoisotopic (exact) mass is 274 g/mol. The number of aliphatic carboxylic acids is 1. The molecule has 0 amide bonds. The molecule has 2 rings (SSSR count). The van der Waals surface area contributed by atoms with Crippen molar-refractivity contribution in [1.82, 2.24) is 5.32 Å². The van der Waals surface area contributed by atoms with Crippen molar-refractivity contribution in [2.24, 2.45) is 5.73 Å². The summed E-state index contributed by atoms with van der Waals surface area (Å²) < 4.78 is 5.69. The first-order chi connectivity index (χ1) is 9.49. The van der Waals surface area contributed by atoms with Crippen molar-refractivity contribution in [3.05, 3.63) is 58.5 Å². The summed E-state index contributed by atoms with van der Waals surface area (Å²) in [7, 11) is 0. The van der Waals surface area contributed by atoms with Gasteiger partial charge in [-0.25, -0.2) is 4.79 Å². The van der Waals surface area contributed by atoms with Gasteiger partial charge in [0.2, 0.25) is 0 Å². The van der Waals surface area contributed by atoms with Crippen molar-refractivity contribution < 1.29 is 14.6 Å². The number of ether oxygens (including phenoxy) is 1. The van der Waals surface area contributed by atoms with Crippen LogP contribution in [0, 0.1) is 13.8 Å². The van der Waals surface area contributed by atoms with E-state index < -0.39 is 12.1 Å². The van der Waals surface area contributed by atoms with Crippen molar-refractivity contribution in [3.63, 3.8) is 0 Å². The Bertz CT molecular complexity index is 571. The summed E-state index contributed by atoms with van der Waals surface area (Å²) >= 11 is 0. The molecule has 1 atom stereocenters. The highest BCUT2D eigenvalue weighted by atomic mass is 16.5. The number of aryl methyl sites for hydroxylation is 2. The summed E-state index contributed by atoms with van der Waals surface area (Å²) in [4.78, 5) is 10.9. The predicted molar refractivity (Wildman–Crippen MR) is 75.6 cm³/mol. The topological polar surface area (TPSA) is 84.6 Å². The minimum absolute atomic E-state index is 0.128. The Balaban J connectivity index is 2.14. The fourth-order valence-corrected chi connectivity index (χ4v) is 2.03. The maximum Gasteiger partial charge on any atom is 0.337 e. The van der Waals surface area contributed by atoms with Gasteiger partial charge >= 0.3 is 5.97 Å². The van der Waals surface area contributed by atoms with E-state index in [0.717, 1.165) is 16.7 Å². The average molecular weight is 274 g/mol. The molecule has 0 aromatic heterocycles. The Morgan fingerprint density at radius 1 is 1.40 bits per heavy atom. The second-order valence-corrected chi connectivity index (χ2v) is 4.75. The fraction of sp³-hybridized carbons (Fsp3) is 0.267. The molecule has 1 aromatic rings. The molecule has 0 aliphatic carbocycles. The molecule has 1 aliphatic heterocycles. The molecule has 1 unspecified atom stereocenters. The Morgan fingerprint density at radius 3 is 2.65 bits per heavy atom. The molecule has 1 aromatic carbocycles. The van der Waals surface area contributed by atoms with Crippen molar-refractivity contribution in [2.75, 3.05) is 0 Å². The molecular formula is C15H18N2O3. The number of nitrogens with one attached hydrogen (secondary N) is 1. The maximum absolute atomic E-state index is 10.9. The number of benzene rings is 1. The number of nitrogens with two attached hydrogens (primary N) is 1. The molecule has 1 heterocycles. The Morgan fingerprint density at radius 2 is 2.05 bits per heavy atom. The van der Waals surface area contributed by atoms with Gasteiger partial charge in [0.05, 0.1) is 5.57 Å². The van der Waals surface area contributed by atoms with Gasteiger partial charge < -0.3 is 20.9 Å². The lowest BCUT2D eigenvalue weighted by molar-refractivity contribution is -0.132. The lowest BCUT2D eigenvalue weighted by Gasteiger charge is -2.22. The molecule has 0 spiro atoms. The molecular weight excluding hydrogens is 256 g/mol. The summed E-state index contributed by atoms with van der Waals surface area (Å²) in [6.07, 6.45) is 2.30. The molecule has 106 valence electrons. The van der Waals surface area contributed by atoms with Crippen LogP contribution >= 0.6 is 0 Å². The molecule has 0 bridgehead atoms.